The fourth-order valence-electron chi connectivity index (χ4n) is 2.49. The molecule has 1 aliphatic rings. The largest absolute Gasteiger partial charge is 0.381 e. The monoisotopic (exact) mass is 281 g/mol. The fraction of sp³-hybridized carbons (Fsp3) is 0.824. The van der Waals surface area contributed by atoms with Gasteiger partial charge >= 0.3 is 0 Å². The van der Waals surface area contributed by atoms with Crippen LogP contribution in [0.25, 0.3) is 0 Å². The molecule has 0 aromatic heterocycles. The molecule has 3 nitrogen and oxygen atoms in total. The van der Waals surface area contributed by atoms with Crippen LogP contribution < -0.4 is 5.32 Å². The van der Waals surface area contributed by atoms with Crippen molar-refractivity contribution < 1.29 is 9.53 Å². The highest BCUT2D eigenvalue weighted by molar-refractivity contribution is 5.87. The van der Waals surface area contributed by atoms with E-state index in [4.69, 9.17) is 4.74 Å². The highest BCUT2D eigenvalue weighted by atomic mass is 16.5. The van der Waals surface area contributed by atoms with Gasteiger partial charge in [0.2, 0.25) is 5.91 Å². The van der Waals surface area contributed by atoms with Crippen LogP contribution in [0.4, 0.5) is 0 Å². The third-order valence-corrected chi connectivity index (χ3v) is 3.90. The van der Waals surface area contributed by atoms with Crippen molar-refractivity contribution in [3.8, 4) is 0 Å². The van der Waals surface area contributed by atoms with Crippen LogP contribution in [0.5, 0.6) is 0 Å². The van der Waals surface area contributed by atoms with Gasteiger partial charge in [0, 0.05) is 19.8 Å². The molecule has 1 fully saturated rings. The number of nitrogens with one attached hydrogen (secondary N) is 1. The Balaban J connectivity index is 1.94. The maximum Gasteiger partial charge on any atom is 0.243 e. The molecular weight excluding hydrogens is 250 g/mol. The van der Waals surface area contributed by atoms with Gasteiger partial charge in [-0.25, -0.2) is 0 Å². The number of unbranched alkanes of at least 4 members (excludes halogenated alkanes) is 6. The van der Waals surface area contributed by atoms with Crippen LogP contribution >= 0.6 is 0 Å². The Hall–Kier alpha value is -0.830. The number of allylic oxidation sites excluding steroid dienone is 1. The van der Waals surface area contributed by atoms with E-state index in [1.54, 1.807) is 6.08 Å². The van der Waals surface area contributed by atoms with Gasteiger partial charge in [-0.15, -0.1) is 0 Å². The van der Waals surface area contributed by atoms with Crippen molar-refractivity contribution in [2.75, 3.05) is 19.8 Å². The fourth-order valence-corrected chi connectivity index (χ4v) is 2.49. The Morgan fingerprint density at radius 3 is 2.60 bits per heavy atom. The Morgan fingerprint density at radius 1 is 1.15 bits per heavy atom. The number of hydrogen-bond acceptors (Lipinski definition) is 2. The SMILES string of the molecule is CCCCCCCC/C=C/C(=O)NCC1CCOCC1. The molecular formula is C17H31NO2. The number of hydrogen-bond donors (Lipinski definition) is 1. The summed E-state index contributed by atoms with van der Waals surface area (Å²) in [4.78, 5) is 11.6. The summed E-state index contributed by atoms with van der Waals surface area (Å²) in [7, 11) is 0. The van der Waals surface area contributed by atoms with Crippen LogP contribution in [0, 0.1) is 5.92 Å². The van der Waals surface area contributed by atoms with Crippen LogP contribution in [0.3, 0.4) is 0 Å². The lowest BCUT2D eigenvalue weighted by molar-refractivity contribution is -0.116. The zero-order valence-corrected chi connectivity index (χ0v) is 13.0. The molecule has 116 valence electrons. The smallest absolute Gasteiger partial charge is 0.243 e. The molecule has 20 heavy (non-hydrogen) atoms. The molecule has 0 aromatic rings. The van der Waals surface area contributed by atoms with Gasteiger partial charge in [0.05, 0.1) is 0 Å². The average Bonchev–Trinajstić information content (AvgIpc) is 2.49. The second-order valence-electron chi connectivity index (χ2n) is 5.76. The van der Waals surface area contributed by atoms with Gasteiger partial charge in [-0.2, -0.15) is 0 Å². The van der Waals surface area contributed by atoms with Gasteiger partial charge in [-0.1, -0.05) is 45.1 Å². The maximum absolute atomic E-state index is 11.6. The lowest BCUT2D eigenvalue weighted by Crippen LogP contribution is -2.31. The summed E-state index contributed by atoms with van der Waals surface area (Å²) in [5.41, 5.74) is 0. The standard InChI is InChI=1S/C17H31NO2/c1-2-3-4-5-6-7-8-9-10-17(19)18-15-16-11-13-20-14-12-16/h9-10,16H,2-8,11-15H2,1H3,(H,18,19)/b10-9+. The van der Waals surface area contributed by atoms with E-state index in [1.165, 1.54) is 38.5 Å². The van der Waals surface area contributed by atoms with Crippen molar-refractivity contribution in [3.63, 3.8) is 0 Å². The van der Waals surface area contributed by atoms with E-state index in [2.05, 4.69) is 12.2 Å². The van der Waals surface area contributed by atoms with Gasteiger partial charge < -0.3 is 10.1 Å². The first-order valence-electron chi connectivity index (χ1n) is 8.35. The summed E-state index contributed by atoms with van der Waals surface area (Å²) < 4.78 is 5.31. The van der Waals surface area contributed by atoms with E-state index in [9.17, 15) is 4.79 Å². The zero-order chi connectivity index (χ0) is 14.5. The molecule has 3 heteroatoms. The van der Waals surface area contributed by atoms with Gasteiger partial charge in [0.1, 0.15) is 0 Å². The summed E-state index contributed by atoms with van der Waals surface area (Å²) in [6.45, 7) is 4.72. The third-order valence-electron chi connectivity index (χ3n) is 3.90. The van der Waals surface area contributed by atoms with Gasteiger partial charge in [-0.3, -0.25) is 4.79 Å². The Labute approximate surface area is 124 Å². The van der Waals surface area contributed by atoms with Crippen LogP contribution in [0.1, 0.15) is 64.7 Å². The van der Waals surface area contributed by atoms with Crippen LogP contribution in [0.2, 0.25) is 0 Å². The van der Waals surface area contributed by atoms with Gasteiger partial charge in [0.25, 0.3) is 0 Å². The van der Waals surface area contributed by atoms with Crippen molar-refractivity contribution in [2.24, 2.45) is 5.92 Å². The summed E-state index contributed by atoms with van der Waals surface area (Å²) in [5, 5.41) is 2.99. The Morgan fingerprint density at radius 2 is 1.85 bits per heavy atom. The molecule has 0 spiro atoms. The molecule has 1 aliphatic heterocycles. The molecule has 1 heterocycles. The van der Waals surface area contributed by atoms with E-state index < -0.39 is 0 Å². The van der Waals surface area contributed by atoms with Crippen LogP contribution in [-0.2, 0) is 9.53 Å². The quantitative estimate of drug-likeness (QED) is 0.488. The zero-order valence-electron chi connectivity index (χ0n) is 13.0. The van der Waals surface area contributed by atoms with Gasteiger partial charge in [0.15, 0.2) is 0 Å². The average molecular weight is 281 g/mol. The lowest BCUT2D eigenvalue weighted by Gasteiger charge is -2.21. The first kappa shape index (κ1) is 17.2. The molecule has 0 aromatic carbocycles. The van der Waals surface area contributed by atoms with E-state index in [-0.39, 0.29) is 5.91 Å². The van der Waals surface area contributed by atoms with Crippen molar-refractivity contribution in [2.45, 2.75) is 64.7 Å². The second kappa shape index (κ2) is 12.0. The third kappa shape index (κ3) is 9.13. The molecule has 0 atom stereocenters. The summed E-state index contributed by atoms with van der Waals surface area (Å²) in [6, 6.07) is 0. The molecule has 1 saturated heterocycles. The van der Waals surface area contributed by atoms with E-state index in [0.717, 1.165) is 39.0 Å². The van der Waals surface area contributed by atoms with E-state index >= 15 is 0 Å². The van der Waals surface area contributed by atoms with Gasteiger partial charge in [-0.05, 0) is 37.7 Å². The molecule has 1 N–H and O–H groups in total. The highest BCUT2D eigenvalue weighted by Gasteiger charge is 2.13. The molecule has 0 bridgehead atoms. The molecule has 0 saturated carbocycles. The highest BCUT2D eigenvalue weighted by Crippen LogP contribution is 2.13. The molecule has 0 unspecified atom stereocenters. The first-order chi connectivity index (χ1) is 9.83. The summed E-state index contributed by atoms with van der Waals surface area (Å²) >= 11 is 0. The minimum absolute atomic E-state index is 0.0578. The second-order valence-corrected chi connectivity index (χ2v) is 5.76. The molecule has 1 rings (SSSR count). The normalized spacial score (nSPS) is 16.6. The number of carbonyl (C=O) groups is 1. The number of rotatable bonds is 10. The van der Waals surface area contributed by atoms with E-state index in [1.807, 2.05) is 6.08 Å². The van der Waals surface area contributed by atoms with Crippen molar-refractivity contribution in [3.05, 3.63) is 12.2 Å². The molecule has 0 radical (unpaired) electrons. The van der Waals surface area contributed by atoms with Crippen molar-refractivity contribution in [1.29, 1.82) is 0 Å². The van der Waals surface area contributed by atoms with Crippen molar-refractivity contribution >= 4 is 5.91 Å². The number of amides is 1. The Kier molecular flexibility index (Phi) is 10.3. The molecule has 0 aliphatic carbocycles. The first-order valence-corrected chi connectivity index (χ1v) is 8.35. The van der Waals surface area contributed by atoms with Crippen LogP contribution in [-0.4, -0.2) is 25.7 Å². The van der Waals surface area contributed by atoms with E-state index in [0.29, 0.717) is 5.92 Å². The lowest BCUT2D eigenvalue weighted by atomic mass is 10.0. The summed E-state index contributed by atoms with van der Waals surface area (Å²) in [5.74, 6) is 0.655. The summed E-state index contributed by atoms with van der Waals surface area (Å²) in [6.07, 6.45) is 14.7. The van der Waals surface area contributed by atoms with Crippen LogP contribution in [0.15, 0.2) is 12.2 Å². The molecule has 1 amide bonds. The Bertz CT molecular complexity index is 270. The van der Waals surface area contributed by atoms with Crippen molar-refractivity contribution in [1.82, 2.24) is 5.32 Å². The predicted molar refractivity (Wildman–Crippen MR) is 83.7 cm³/mol. The topological polar surface area (TPSA) is 38.3 Å². The number of ether oxygens (including phenoxy) is 1. The minimum Gasteiger partial charge on any atom is -0.381 e. The minimum atomic E-state index is 0.0578. The maximum atomic E-state index is 11.6. The number of carbonyl (C=O) groups excluding carboxylic acids is 1. The predicted octanol–water partition coefficient (Wildman–Crippen LogP) is 3.84.